The number of ether oxygens (including phenoxy) is 1. The number of carbonyl (C=O) groups excluding carboxylic acids is 2. The van der Waals surface area contributed by atoms with Crippen LogP contribution in [-0.4, -0.2) is 59.4 Å². The number of rotatable bonds is 7. The SMILES string of the molecule is CCOC(=O)CCC(=O)N1CCN(Cc2csc(-c3ccccc3)n2)CC1. The van der Waals surface area contributed by atoms with Gasteiger partial charge in [0.25, 0.3) is 0 Å². The van der Waals surface area contributed by atoms with Crippen LogP contribution in [-0.2, 0) is 20.9 Å². The maximum absolute atomic E-state index is 12.2. The molecule has 27 heavy (non-hydrogen) atoms. The van der Waals surface area contributed by atoms with Crippen LogP contribution in [0.25, 0.3) is 10.6 Å². The highest BCUT2D eigenvalue weighted by Gasteiger charge is 2.22. The summed E-state index contributed by atoms with van der Waals surface area (Å²) in [5.41, 5.74) is 2.21. The first kappa shape index (κ1) is 19.5. The van der Waals surface area contributed by atoms with Crippen molar-refractivity contribution in [1.29, 1.82) is 0 Å². The third-order valence-corrected chi connectivity index (χ3v) is 5.47. The monoisotopic (exact) mass is 387 g/mol. The molecule has 3 rings (SSSR count). The van der Waals surface area contributed by atoms with E-state index in [9.17, 15) is 9.59 Å². The van der Waals surface area contributed by atoms with Gasteiger partial charge >= 0.3 is 5.97 Å². The molecule has 1 amide bonds. The van der Waals surface area contributed by atoms with Crippen molar-refractivity contribution >= 4 is 23.2 Å². The summed E-state index contributed by atoms with van der Waals surface area (Å²) in [5.74, 6) is -0.273. The first-order valence-corrected chi connectivity index (χ1v) is 10.2. The van der Waals surface area contributed by atoms with Crippen molar-refractivity contribution in [2.24, 2.45) is 0 Å². The van der Waals surface area contributed by atoms with E-state index in [1.807, 2.05) is 23.1 Å². The smallest absolute Gasteiger partial charge is 0.306 e. The minimum Gasteiger partial charge on any atom is -0.466 e. The van der Waals surface area contributed by atoms with E-state index in [0.717, 1.165) is 35.9 Å². The molecule has 0 atom stereocenters. The summed E-state index contributed by atoms with van der Waals surface area (Å²) in [7, 11) is 0. The van der Waals surface area contributed by atoms with Crippen molar-refractivity contribution in [1.82, 2.24) is 14.8 Å². The number of carbonyl (C=O) groups is 2. The Morgan fingerprint density at radius 1 is 1.11 bits per heavy atom. The lowest BCUT2D eigenvalue weighted by Gasteiger charge is -2.34. The van der Waals surface area contributed by atoms with Gasteiger partial charge in [-0.2, -0.15) is 0 Å². The number of nitrogens with zero attached hydrogens (tertiary/aromatic N) is 3. The maximum Gasteiger partial charge on any atom is 0.306 e. The lowest BCUT2D eigenvalue weighted by atomic mass is 10.2. The summed E-state index contributed by atoms with van der Waals surface area (Å²) in [5, 5.41) is 3.15. The molecule has 0 radical (unpaired) electrons. The molecule has 2 aromatic rings. The van der Waals surface area contributed by atoms with E-state index < -0.39 is 0 Å². The highest BCUT2D eigenvalue weighted by Crippen LogP contribution is 2.24. The van der Waals surface area contributed by atoms with Crippen LogP contribution in [0, 0.1) is 0 Å². The van der Waals surface area contributed by atoms with E-state index in [-0.39, 0.29) is 24.7 Å². The Morgan fingerprint density at radius 3 is 2.56 bits per heavy atom. The van der Waals surface area contributed by atoms with Crippen LogP contribution < -0.4 is 0 Å². The third kappa shape index (κ3) is 5.61. The molecule has 1 saturated heterocycles. The van der Waals surface area contributed by atoms with Gasteiger partial charge in [0.15, 0.2) is 0 Å². The van der Waals surface area contributed by atoms with Crippen LogP contribution >= 0.6 is 11.3 Å². The van der Waals surface area contributed by atoms with E-state index in [4.69, 9.17) is 9.72 Å². The molecule has 1 aromatic heterocycles. The Balaban J connectivity index is 1.44. The molecule has 1 aromatic carbocycles. The number of amides is 1. The van der Waals surface area contributed by atoms with Gasteiger partial charge in [0, 0.05) is 50.1 Å². The zero-order valence-electron chi connectivity index (χ0n) is 15.6. The average Bonchev–Trinajstić information content (AvgIpc) is 3.16. The topological polar surface area (TPSA) is 62.7 Å². The second-order valence-electron chi connectivity index (χ2n) is 6.47. The van der Waals surface area contributed by atoms with Crippen LogP contribution in [0.4, 0.5) is 0 Å². The average molecular weight is 388 g/mol. The second-order valence-corrected chi connectivity index (χ2v) is 7.33. The lowest BCUT2D eigenvalue weighted by Crippen LogP contribution is -2.48. The Kier molecular flexibility index (Phi) is 6.95. The summed E-state index contributed by atoms with van der Waals surface area (Å²) < 4.78 is 4.87. The molecule has 0 N–H and O–H groups in total. The number of benzene rings is 1. The molecule has 1 aliphatic rings. The number of thiazole rings is 1. The predicted octanol–water partition coefficient (Wildman–Crippen LogP) is 2.80. The molecule has 0 unspecified atom stereocenters. The molecule has 0 aliphatic carbocycles. The van der Waals surface area contributed by atoms with E-state index in [1.54, 1.807) is 18.3 Å². The van der Waals surface area contributed by atoms with E-state index >= 15 is 0 Å². The minimum atomic E-state index is -0.303. The fourth-order valence-electron chi connectivity index (χ4n) is 3.08. The van der Waals surface area contributed by atoms with Gasteiger partial charge in [0.1, 0.15) is 5.01 Å². The molecular formula is C20H25N3O3S. The molecule has 7 heteroatoms. The molecule has 1 aliphatic heterocycles. The number of hydrogen-bond acceptors (Lipinski definition) is 6. The molecular weight excluding hydrogens is 362 g/mol. The first-order valence-electron chi connectivity index (χ1n) is 9.31. The van der Waals surface area contributed by atoms with Crippen molar-refractivity contribution in [3.05, 3.63) is 41.4 Å². The van der Waals surface area contributed by atoms with Gasteiger partial charge in [-0.15, -0.1) is 11.3 Å². The number of hydrogen-bond donors (Lipinski definition) is 0. The van der Waals surface area contributed by atoms with Gasteiger partial charge in [-0.25, -0.2) is 4.98 Å². The van der Waals surface area contributed by atoms with E-state index in [1.165, 1.54) is 0 Å². The fraction of sp³-hybridized carbons (Fsp3) is 0.450. The van der Waals surface area contributed by atoms with E-state index in [2.05, 4.69) is 22.4 Å². The standard InChI is InChI=1S/C20H25N3O3S/c1-2-26-19(25)9-8-18(24)23-12-10-22(11-13-23)14-17-15-27-20(21-17)16-6-4-3-5-7-16/h3-7,15H,2,8-14H2,1H3. The largest absolute Gasteiger partial charge is 0.466 e. The zero-order chi connectivity index (χ0) is 19.1. The summed E-state index contributed by atoms with van der Waals surface area (Å²) in [6.45, 7) is 5.95. The molecule has 6 nitrogen and oxygen atoms in total. The van der Waals surface area contributed by atoms with Crippen molar-refractivity contribution < 1.29 is 14.3 Å². The van der Waals surface area contributed by atoms with Gasteiger partial charge in [-0.1, -0.05) is 30.3 Å². The molecule has 1 fully saturated rings. The third-order valence-electron chi connectivity index (χ3n) is 4.53. The Morgan fingerprint density at radius 2 is 1.85 bits per heavy atom. The summed E-state index contributed by atoms with van der Waals surface area (Å²) in [6.07, 6.45) is 0.388. The van der Waals surface area contributed by atoms with Crippen molar-refractivity contribution in [3.8, 4) is 10.6 Å². The second kappa shape index (κ2) is 9.62. The highest BCUT2D eigenvalue weighted by molar-refractivity contribution is 7.13. The molecule has 144 valence electrons. The molecule has 0 spiro atoms. The summed E-state index contributed by atoms with van der Waals surface area (Å²) >= 11 is 1.66. The quantitative estimate of drug-likeness (QED) is 0.684. The first-order chi connectivity index (χ1) is 13.2. The van der Waals surface area contributed by atoms with Crippen molar-refractivity contribution in [3.63, 3.8) is 0 Å². The van der Waals surface area contributed by atoms with Crippen LogP contribution in [0.5, 0.6) is 0 Å². The highest BCUT2D eigenvalue weighted by atomic mass is 32.1. The maximum atomic E-state index is 12.2. The van der Waals surface area contributed by atoms with Gasteiger partial charge in [0.05, 0.1) is 18.7 Å². The van der Waals surface area contributed by atoms with E-state index in [0.29, 0.717) is 19.7 Å². The number of piperazine rings is 1. The Hall–Kier alpha value is -2.25. The number of aromatic nitrogens is 1. The predicted molar refractivity (Wildman–Crippen MR) is 105 cm³/mol. The van der Waals surface area contributed by atoms with Gasteiger partial charge in [-0.3, -0.25) is 14.5 Å². The van der Waals surface area contributed by atoms with Gasteiger partial charge in [0.2, 0.25) is 5.91 Å². The van der Waals surface area contributed by atoms with Crippen molar-refractivity contribution in [2.75, 3.05) is 32.8 Å². The fourth-order valence-corrected chi connectivity index (χ4v) is 3.89. The summed E-state index contributed by atoms with van der Waals surface area (Å²) in [4.78, 5) is 32.5. The van der Waals surface area contributed by atoms with Gasteiger partial charge in [-0.05, 0) is 6.92 Å². The Labute approximate surface area is 163 Å². The van der Waals surface area contributed by atoms with Crippen LogP contribution in [0.2, 0.25) is 0 Å². The lowest BCUT2D eigenvalue weighted by molar-refractivity contribution is -0.146. The molecule has 0 bridgehead atoms. The normalized spacial score (nSPS) is 14.9. The van der Waals surface area contributed by atoms with Gasteiger partial charge < -0.3 is 9.64 Å². The minimum absolute atomic E-state index is 0.0303. The summed E-state index contributed by atoms with van der Waals surface area (Å²) in [6, 6.07) is 10.2. The van der Waals surface area contributed by atoms with Crippen LogP contribution in [0.3, 0.4) is 0 Å². The Bertz CT molecular complexity index is 755. The van der Waals surface area contributed by atoms with Crippen LogP contribution in [0.1, 0.15) is 25.5 Å². The van der Waals surface area contributed by atoms with Crippen LogP contribution in [0.15, 0.2) is 35.7 Å². The molecule has 2 heterocycles. The zero-order valence-corrected chi connectivity index (χ0v) is 16.4. The van der Waals surface area contributed by atoms with Crippen molar-refractivity contribution in [2.45, 2.75) is 26.3 Å². The number of esters is 1. The molecule has 0 saturated carbocycles.